The second-order valence-corrected chi connectivity index (χ2v) is 5.71. The van der Waals surface area contributed by atoms with Crippen molar-refractivity contribution in [1.29, 1.82) is 0 Å². The number of benzene rings is 1. The lowest BCUT2D eigenvalue weighted by atomic mass is 9.99. The Morgan fingerprint density at radius 2 is 2.05 bits per heavy atom. The molecule has 2 rings (SSSR count). The van der Waals surface area contributed by atoms with E-state index in [2.05, 4.69) is 6.58 Å². The molecule has 0 radical (unpaired) electrons. The van der Waals surface area contributed by atoms with Crippen molar-refractivity contribution in [2.24, 2.45) is 0 Å². The van der Waals surface area contributed by atoms with Crippen molar-refractivity contribution in [2.75, 3.05) is 6.61 Å². The van der Waals surface area contributed by atoms with Crippen molar-refractivity contribution in [2.45, 2.75) is 32.8 Å². The van der Waals surface area contributed by atoms with Gasteiger partial charge in [-0.05, 0) is 38.5 Å². The van der Waals surface area contributed by atoms with Crippen LogP contribution in [0.2, 0.25) is 0 Å². The molecule has 20 heavy (non-hydrogen) atoms. The molecule has 1 aliphatic heterocycles. The lowest BCUT2D eigenvalue weighted by molar-refractivity contribution is -0.147. The first kappa shape index (κ1) is 14.3. The molecule has 1 aromatic carbocycles. The van der Waals surface area contributed by atoms with Crippen molar-refractivity contribution < 1.29 is 19.1 Å². The van der Waals surface area contributed by atoms with Crippen molar-refractivity contribution in [3.63, 3.8) is 0 Å². The van der Waals surface area contributed by atoms with Gasteiger partial charge in [-0.3, -0.25) is 4.79 Å². The molecule has 0 fully saturated rings. The molecule has 0 saturated heterocycles. The third-order valence-corrected chi connectivity index (χ3v) is 2.86. The van der Waals surface area contributed by atoms with Crippen LogP contribution >= 0.6 is 0 Å². The summed E-state index contributed by atoms with van der Waals surface area (Å²) in [6, 6.07) is 5.03. The highest BCUT2D eigenvalue weighted by molar-refractivity contribution is 6.16. The summed E-state index contributed by atoms with van der Waals surface area (Å²) in [5.41, 5.74) is 0.842. The topological polar surface area (TPSA) is 52.6 Å². The molecule has 4 heteroatoms. The monoisotopic (exact) mass is 274 g/mol. The van der Waals surface area contributed by atoms with E-state index in [0.717, 1.165) is 0 Å². The van der Waals surface area contributed by atoms with Gasteiger partial charge in [0.15, 0.2) is 5.78 Å². The van der Waals surface area contributed by atoms with E-state index in [0.29, 0.717) is 29.9 Å². The fourth-order valence-corrected chi connectivity index (χ4v) is 1.91. The summed E-state index contributed by atoms with van der Waals surface area (Å²) in [7, 11) is 0. The van der Waals surface area contributed by atoms with E-state index < -0.39 is 11.6 Å². The fraction of sp³-hybridized carbons (Fsp3) is 0.375. The van der Waals surface area contributed by atoms with Crippen molar-refractivity contribution in [3.05, 3.63) is 35.9 Å². The van der Waals surface area contributed by atoms with Gasteiger partial charge in [0.05, 0.1) is 17.7 Å². The zero-order valence-corrected chi connectivity index (χ0v) is 12.0. The maximum Gasteiger partial charge on any atom is 0.338 e. The van der Waals surface area contributed by atoms with E-state index in [-0.39, 0.29) is 11.4 Å². The standard InChI is InChI=1S/C16H18O4/c1-10(15(18)20-16(2,3)4)11-5-6-12-13(17)7-8-19-14(12)9-11/h5-6,9H,1,7-8H2,2-4H3. The second kappa shape index (κ2) is 5.12. The highest BCUT2D eigenvalue weighted by atomic mass is 16.6. The molecule has 0 aromatic heterocycles. The Hall–Kier alpha value is -2.10. The largest absolute Gasteiger partial charge is 0.492 e. The minimum Gasteiger partial charge on any atom is -0.492 e. The second-order valence-electron chi connectivity index (χ2n) is 5.71. The van der Waals surface area contributed by atoms with E-state index in [1.807, 2.05) is 0 Å². The van der Waals surface area contributed by atoms with Gasteiger partial charge in [-0.2, -0.15) is 0 Å². The molecule has 0 spiro atoms. The maximum absolute atomic E-state index is 12.0. The molecule has 0 atom stereocenters. The van der Waals surface area contributed by atoms with Crippen LogP contribution in [0.25, 0.3) is 5.57 Å². The van der Waals surface area contributed by atoms with Gasteiger partial charge < -0.3 is 9.47 Å². The van der Waals surface area contributed by atoms with E-state index in [4.69, 9.17) is 9.47 Å². The number of ketones is 1. The number of hydrogen-bond donors (Lipinski definition) is 0. The normalized spacial score (nSPS) is 14.2. The summed E-state index contributed by atoms with van der Waals surface area (Å²) in [6.45, 7) is 9.53. The summed E-state index contributed by atoms with van der Waals surface area (Å²) in [5, 5.41) is 0. The van der Waals surface area contributed by atoms with Crippen LogP contribution in [0.15, 0.2) is 24.8 Å². The SMILES string of the molecule is C=C(C(=O)OC(C)(C)C)c1ccc2c(c1)OCCC2=O. The van der Waals surface area contributed by atoms with Gasteiger partial charge in [0.1, 0.15) is 11.4 Å². The third-order valence-electron chi connectivity index (χ3n) is 2.86. The molecule has 4 nitrogen and oxygen atoms in total. The summed E-state index contributed by atoms with van der Waals surface area (Å²) in [4.78, 5) is 23.7. The third kappa shape index (κ3) is 3.07. The fourth-order valence-electron chi connectivity index (χ4n) is 1.91. The first-order chi connectivity index (χ1) is 9.28. The molecule has 0 unspecified atom stereocenters. The summed E-state index contributed by atoms with van der Waals surface area (Å²) in [6.07, 6.45) is 0.388. The smallest absolute Gasteiger partial charge is 0.338 e. The van der Waals surface area contributed by atoms with E-state index in [9.17, 15) is 9.59 Å². The average molecular weight is 274 g/mol. The van der Waals surface area contributed by atoms with Gasteiger partial charge in [0.25, 0.3) is 0 Å². The Morgan fingerprint density at radius 1 is 1.35 bits per heavy atom. The van der Waals surface area contributed by atoms with Crippen molar-refractivity contribution in [1.82, 2.24) is 0 Å². The number of hydrogen-bond acceptors (Lipinski definition) is 4. The molecule has 106 valence electrons. The summed E-state index contributed by atoms with van der Waals surface area (Å²) in [5.74, 6) is 0.0868. The molecule has 0 bridgehead atoms. The number of carbonyl (C=O) groups is 2. The predicted molar refractivity (Wildman–Crippen MR) is 75.8 cm³/mol. The lowest BCUT2D eigenvalue weighted by Crippen LogP contribution is -2.24. The predicted octanol–water partition coefficient (Wildman–Crippen LogP) is 3.01. The Morgan fingerprint density at radius 3 is 2.70 bits per heavy atom. The first-order valence-electron chi connectivity index (χ1n) is 6.50. The van der Waals surface area contributed by atoms with Gasteiger partial charge in [0, 0.05) is 6.42 Å². The molecular weight excluding hydrogens is 256 g/mol. The van der Waals surface area contributed by atoms with Crippen molar-refractivity contribution in [3.8, 4) is 5.75 Å². The Bertz CT molecular complexity index is 579. The van der Waals surface area contributed by atoms with Crippen LogP contribution in [0.1, 0.15) is 43.1 Å². The molecule has 0 amide bonds. The van der Waals surface area contributed by atoms with E-state index >= 15 is 0 Å². The molecular formula is C16H18O4. The van der Waals surface area contributed by atoms with Gasteiger partial charge in [-0.1, -0.05) is 12.6 Å². The molecule has 1 heterocycles. The first-order valence-corrected chi connectivity index (χ1v) is 6.50. The van der Waals surface area contributed by atoms with Crippen LogP contribution < -0.4 is 4.74 Å². The summed E-state index contributed by atoms with van der Waals surface area (Å²) >= 11 is 0. The quantitative estimate of drug-likeness (QED) is 0.614. The van der Waals surface area contributed by atoms with Crippen LogP contribution in [-0.2, 0) is 9.53 Å². The number of fused-ring (bicyclic) bond motifs is 1. The lowest BCUT2D eigenvalue weighted by Gasteiger charge is -2.21. The summed E-state index contributed by atoms with van der Waals surface area (Å²) < 4.78 is 10.7. The van der Waals surface area contributed by atoms with Gasteiger partial charge >= 0.3 is 5.97 Å². The van der Waals surface area contributed by atoms with Crippen LogP contribution in [0.3, 0.4) is 0 Å². The van der Waals surface area contributed by atoms with Crippen molar-refractivity contribution >= 4 is 17.3 Å². The average Bonchev–Trinajstić information content (AvgIpc) is 2.35. The zero-order chi connectivity index (χ0) is 14.9. The number of rotatable bonds is 2. The highest BCUT2D eigenvalue weighted by Crippen LogP contribution is 2.29. The van der Waals surface area contributed by atoms with Gasteiger partial charge in [-0.15, -0.1) is 0 Å². The number of esters is 1. The minimum atomic E-state index is -0.569. The van der Waals surface area contributed by atoms with Gasteiger partial charge in [-0.25, -0.2) is 4.79 Å². The Balaban J connectivity index is 2.24. The van der Waals surface area contributed by atoms with Crippen LogP contribution in [0, 0.1) is 0 Å². The molecule has 0 aliphatic carbocycles. The number of carbonyl (C=O) groups excluding carboxylic acids is 2. The Kier molecular flexibility index (Phi) is 3.66. The number of Topliss-reactive ketones (excluding diaryl/α,β-unsaturated/α-hetero) is 1. The zero-order valence-electron chi connectivity index (χ0n) is 12.0. The highest BCUT2D eigenvalue weighted by Gasteiger charge is 2.23. The molecule has 1 aromatic rings. The molecule has 0 N–H and O–H groups in total. The van der Waals surface area contributed by atoms with E-state index in [1.165, 1.54) is 0 Å². The number of ether oxygens (including phenoxy) is 2. The van der Waals surface area contributed by atoms with Crippen LogP contribution in [0.4, 0.5) is 0 Å². The Labute approximate surface area is 118 Å². The van der Waals surface area contributed by atoms with Gasteiger partial charge in [0.2, 0.25) is 0 Å². The minimum absolute atomic E-state index is 0.0562. The maximum atomic E-state index is 12.0. The molecule has 0 saturated carbocycles. The van der Waals surface area contributed by atoms with E-state index in [1.54, 1.807) is 39.0 Å². The van der Waals surface area contributed by atoms with Crippen LogP contribution in [-0.4, -0.2) is 24.0 Å². The molecule has 1 aliphatic rings. The van der Waals surface area contributed by atoms with Crippen LogP contribution in [0.5, 0.6) is 5.75 Å².